The van der Waals surface area contributed by atoms with Crippen LogP contribution in [0.5, 0.6) is 0 Å². The van der Waals surface area contributed by atoms with Crippen molar-refractivity contribution in [3.05, 3.63) is 30.0 Å². The van der Waals surface area contributed by atoms with E-state index in [0.717, 1.165) is 0 Å². The summed E-state index contributed by atoms with van der Waals surface area (Å²) in [5, 5.41) is 2.60. The number of piperidine rings is 1. The molecule has 1 aliphatic heterocycles. The Kier molecular flexibility index (Phi) is 6.64. The SMILES string of the molecule is Cn1cncc1-c1nc(C(=O)NCC2CCN(CC(F)F)CC2)cc(C(F)(F)F)n1. The fourth-order valence-electron chi connectivity index (χ4n) is 3.29. The highest BCUT2D eigenvalue weighted by atomic mass is 19.4. The molecule has 3 heterocycles. The highest BCUT2D eigenvalue weighted by molar-refractivity contribution is 5.92. The van der Waals surface area contributed by atoms with Gasteiger partial charge in [0.25, 0.3) is 12.3 Å². The van der Waals surface area contributed by atoms with E-state index < -0.39 is 29.9 Å². The number of imidazole rings is 1. The molecule has 0 spiro atoms. The summed E-state index contributed by atoms with van der Waals surface area (Å²) >= 11 is 0. The van der Waals surface area contributed by atoms with Crippen LogP contribution in [0.1, 0.15) is 29.0 Å². The number of nitrogens with zero attached hydrogens (tertiary/aromatic N) is 5. The molecule has 1 saturated heterocycles. The smallest absolute Gasteiger partial charge is 0.350 e. The number of aryl methyl sites for hydroxylation is 1. The van der Waals surface area contributed by atoms with Gasteiger partial charge in [0.05, 0.1) is 19.1 Å². The Hall–Kier alpha value is -2.63. The van der Waals surface area contributed by atoms with Gasteiger partial charge in [-0.2, -0.15) is 13.2 Å². The van der Waals surface area contributed by atoms with Gasteiger partial charge in [0.1, 0.15) is 17.1 Å². The predicted octanol–water partition coefficient (Wildman–Crippen LogP) is 2.60. The molecule has 0 radical (unpaired) electrons. The minimum Gasteiger partial charge on any atom is -0.350 e. The Morgan fingerprint density at radius 1 is 1.27 bits per heavy atom. The lowest BCUT2D eigenvalue weighted by Gasteiger charge is -2.31. The zero-order valence-corrected chi connectivity index (χ0v) is 16.2. The van der Waals surface area contributed by atoms with Gasteiger partial charge in [-0.1, -0.05) is 0 Å². The second-order valence-corrected chi connectivity index (χ2v) is 7.19. The first-order valence-corrected chi connectivity index (χ1v) is 9.35. The fourth-order valence-corrected chi connectivity index (χ4v) is 3.29. The van der Waals surface area contributed by atoms with Gasteiger partial charge in [-0.25, -0.2) is 23.7 Å². The third-order valence-electron chi connectivity index (χ3n) is 4.95. The molecule has 1 fully saturated rings. The second kappa shape index (κ2) is 9.02. The monoisotopic (exact) mass is 432 g/mol. The molecule has 0 aliphatic carbocycles. The van der Waals surface area contributed by atoms with E-state index in [0.29, 0.717) is 32.0 Å². The molecule has 3 rings (SSSR count). The summed E-state index contributed by atoms with van der Waals surface area (Å²) in [6.45, 7) is 0.924. The highest BCUT2D eigenvalue weighted by Crippen LogP contribution is 2.29. The van der Waals surface area contributed by atoms with Crippen LogP contribution in [0, 0.1) is 5.92 Å². The quantitative estimate of drug-likeness (QED) is 0.711. The van der Waals surface area contributed by atoms with Gasteiger partial charge < -0.3 is 9.88 Å². The number of hydrogen-bond acceptors (Lipinski definition) is 5. The van der Waals surface area contributed by atoms with Crippen molar-refractivity contribution >= 4 is 5.91 Å². The number of nitrogens with one attached hydrogen (secondary N) is 1. The molecule has 1 aliphatic rings. The van der Waals surface area contributed by atoms with Crippen LogP contribution in [0.4, 0.5) is 22.0 Å². The van der Waals surface area contributed by atoms with Crippen LogP contribution < -0.4 is 5.32 Å². The third-order valence-corrected chi connectivity index (χ3v) is 4.95. The van der Waals surface area contributed by atoms with Crippen LogP contribution in [0.2, 0.25) is 0 Å². The molecule has 1 amide bonds. The summed E-state index contributed by atoms with van der Waals surface area (Å²) in [5.41, 5.74) is -1.38. The predicted molar refractivity (Wildman–Crippen MR) is 96.7 cm³/mol. The normalized spacial score (nSPS) is 16.2. The van der Waals surface area contributed by atoms with Crippen molar-refractivity contribution in [3.63, 3.8) is 0 Å². The number of likely N-dealkylation sites (tertiary alicyclic amines) is 1. The summed E-state index contributed by atoms with van der Waals surface area (Å²) < 4.78 is 66.1. The van der Waals surface area contributed by atoms with Crippen LogP contribution in [0.3, 0.4) is 0 Å². The standard InChI is InChI=1S/C18H21F5N6O/c1-28-10-24-8-13(28)16-26-12(6-14(27-16)18(21,22)23)17(30)25-7-11-2-4-29(5-3-11)9-15(19)20/h6,8,10-11,15H,2-5,7,9H2,1H3,(H,25,30). The number of hydrogen-bond donors (Lipinski definition) is 1. The van der Waals surface area contributed by atoms with Crippen molar-refractivity contribution in [1.29, 1.82) is 0 Å². The van der Waals surface area contributed by atoms with E-state index in [1.165, 1.54) is 17.1 Å². The van der Waals surface area contributed by atoms with Gasteiger partial charge in [-0.3, -0.25) is 9.69 Å². The molecule has 12 heteroatoms. The Labute approximate surface area is 169 Å². The van der Waals surface area contributed by atoms with E-state index in [-0.39, 0.29) is 30.5 Å². The first-order chi connectivity index (χ1) is 14.1. The topological polar surface area (TPSA) is 75.9 Å². The summed E-state index contributed by atoms with van der Waals surface area (Å²) in [4.78, 5) is 25.5. The van der Waals surface area contributed by atoms with Crippen LogP contribution in [-0.4, -0.2) is 62.9 Å². The lowest BCUT2D eigenvalue weighted by molar-refractivity contribution is -0.141. The summed E-state index contributed by atoms with van der Waals surface area (Å²) in [5.74, 6) is -0.944. The Bertz CT molecular complexity index is 876. The van der Waals surface area contributed by atoms with E-state index in [1.807, 2.05) is 0 Å². The van der Waals surface area contributed by atoms with Crippen LogP contribution in [0.25, 0.3) is 11.5 Å². The molecule has 0 aromatic carbocycles. The first-order valence-electron chi connectivity index (χ1n) is 9.35. The third kappa shape index (κ3) is 5.49. The number of carbonyl (C=O) groups excluding carboxylic acids is 1. The summed E-state index contributed by atoms with van der Waals surface area (Å²) in [7, 11) is 1.58. The van der Waals surface area contributed by atoms with E-state index in [4.69, 9.17) is 0 Å². The highest BCUT2D eigenvalue weighted by Gasteiger charge is 2.35. The molecule has 30 heavy (non-hydrogen) atoms. The van der Waals surface area contributed by atoms with Gasteiger partial charge in [0, 0.05) is 19.7 Å². The number of aromatic nitrogens is 4. The Morgan fingerprint density at radius 2 is 1.97 bits per heavy atom. The summed E-state index contributed by atoms with van der Waals surface area (Å²) in [6.07, 6.45) is -3.21. The Balaban J connectivity index is 1.69. The van der Waals surface area contributed by atoms with Gasteiger partial charge in [0.2, 0.25) is 0 Å². The van der Waals surface area contributed by atoms with Gasteiger partial charge >= 0.3 is 6.18 Å². The molecule has 0 saturated carbocycles. The lowest BCUT2D eigenvalue weighted by atomic mass is 9.97. The lowest BCUT2D eigenvalue weighted by Crippen LogP contribution is -2.40. The molecule has 7 nitrogen and oxygen atoms in total. The zero-order chi connectivity index (χ0) is 21.9. The van der Waals surface area contributed by atoms with Crippen molar-refractivity contribution in [1.82, 2.24) is 29.7 Å². The van der Waals surface area contributed by atoms with Crippen LogP contribution in [0.15, 0.2) is 18.6 Å². The van der Waals surface area contributed by atoms with Gasteiger partial charge in [0.15, 0.2) is 5.82 Å². The molecular formula is C18H21F5N6O. The van der Waals surface area contributed by atoms with Crippen LogP contribution in [-0.2, 0) is 13.2 Å². The number of alkyl halides is 5. The second-order valence-electron chi connectivity index (χ2n) is 7.19. The molecular weight excluding hydrogens is 411 g/mol. The van der Waals surface area contributed by atoms with E-state index in [2.05, 4.69) is 20.3 Å². The van der Waals surface area contributed by atoms with Gasteiger partial charge in [-0.05, 0) is 31.8 Å². The maximum atomic E-state index is 13.3. The Morgan fingerprint density at radius 3 is 2.53 bits per heavy atom. The summed E-state index contributed by atoms with van der Waals surface area (Å²) in [6, 6.07) is 0.612. The average Bonchev–Trinajstić information content (AvgIpc) is 3.11. The van der Waals surface area contributed by atoms with Crippen LogP contribution >= 0.6 is 0 Å². The maximum Gasteiger partial charge on any atom is 0.433 e. The van der Waals surface area contributed by atoms with Crippen molar-refractivity contribution in [2.45, 2.75) is 25.4 Å². The molecule has 164 valence electrons. The van der Waals surface area contributed by atoms with Crippen molar-refractivity contribution in [2.75, 3.05) is 26.2 Å². The zero-order valence-electron chi connectivity index (χ0n) is 16.2. The molecule has 2 aromatic heterocycles. The van der Waals surface area contributed by atoms with E-state index >= 15 is 0 Å². The number of halogens is 5. The van der Waals surface area contributed by atoms with E-state index in [9.17, 15) is 26.7 Å². The minimum atomic E-state index is -4.75. The fraction of sp³-hybridized carbons (Fsp3) is 0.556. The maximum absolute atomic E-state index is 13.3. The number of rotatable bonds is 6. The van der Waals surface area contributed by atoms with Crippen molar-refractivity contribution in [2.24, 2.45) is 13.0 Å². The van der Waals surface area contributed by atoms with Gasteiger partial charge in [-0.15, -0.1) is 0 Å². The minimum absolute atomic E-state index is 0.0586. The van der Waals surface area contributed by atoms with Crippen molar-refractivity contribution in [3.8, 4) is 11.5 Å². The first kappa shape index (κ1) is 22.1. The number of carbonyl (C=O) groups is 1. The molecule has 0 bridgehead atoms. The number of amides is 1. The average molecular weight is 432 g/mol. The van der Waals surface area contributed by atoms with Crippen molar-refractivity contribution < 1.29 is 26.7 Å². The van der Waals surface area contributed by atoms with E-state index in [1.54, 1.807) is 11.9 Å². The molecule has 1 N–H and O–H groups in total. The molecule has 2 aromatic rings. The molecule has 0 atom stereocenters. The largest absolute Gasteiger partial charge is 0.433 e. The molecule has 0 unspecified atom stereocenters.